The molecule has 4 rings (SSSR count). The maximum atomic E-state index is 13.9. The summed E-state index contributed by atoms with van der Waals surface area (Å²) in [5.41, 5.74) is 5.27. The van der Waals surface area contributed by atoms with Gasteiger partial charge in [-0.3, -0.25) is 9.36 Å². The molecule has 2 amide bonds. The Hall–Kier alpha value is -3.93. The molecule has 6 nitrogen and oxygen atoms in total. The van der Waals surface area contributed by atoms with E-state index in [1.165, 1.54) is 0 Å². The van der Waals surface area contributed by atoms with E-state index in [9.17, 15) is 9.59 Å². The minimum absolute atomic E-state index is 0.131. The average molecular weight is 483 g/mol. The van der Waals surface area contributed by atoms with Gasteiger partial charge >= 0.3 is 6.03 Å². The average Bonchev–Trinajstić information content (AvgIpc) is 2.87. The van der Waals surface area contributed by atoms with Crippen LogP contribution in [0.15, 0.2) is 71.5 Å². The molecule has 36 heavy (non-hydrogen) atoms. The number of nitrogens with zero attached hydrogens (tertiary/aromatic N) is 3. The molecule has 1 heterocycles. The van der Waals surface area contributed by atoms with Crippen molar-refractivity contribution in [1.29, 1.82) is 0 Å². The number of carbonyl (C=O) groups excluding carboxylic acids is 1. The molecule has 4 aromatic rings. The van der Waals surface area contributed by atoms with Crippen LogP contribution in [0.25, 0.3) is 16.6 Å². The summed E-state index contributed by atoms with van der Waals surface area (Å²) in [5.74, 6) is 0.567. The van der Waals surface area contributed by atoms with Gasteiger partial charge in [-0.05, 0) is 80.6 Å². The molecule has 1 N–H and O–H groups in total. The van der Waals surface area contributed by atoms with Crippen LogP contribution in [-0.2, 0) is 0 Å². The number of hydrogen-bond acceptors (Lipinski definition) is 3. The van der Waals surface area contributed by atoms with Gasteiger partial charge in [0.15, 0.2) is 0 Å². The minimum Gasteiger partial charge on any atom is -0.314 e. The highest BCUT2D eigenvalue weighted by Crippen LogP contribution is 2.28. The van der Waals surface area contributed by atoms with Gasteiger partial charge in [0.1, 0.15) is 5.82 Å². The molecule has 186 valence electrons. The van der Waals surface area contributed by atoms with Gasteiger partial charge in [-0.25, -0.2) is 9.78 Å². The van der Waals surface area contributed by atoms with Crippen LogP contribution < -0.4 is 10.9 Å². The van der Waals surface area contributed by atoms with Crippen molar-refractivity contribution in [1.82, 2.24) is 14.5 Å². The number of anilines is 1. The van der Waals surface area contributed by atoms with Crippen LogP contribution in [0.5, 0.6) is 0 Å². The van der Waals surface area contributed by atoms with Crippen LogP contribution >= 0.6 is 0 Å². The molecule has 0 fully saturated rings. The van der Waals surface area contributed by atoms with Gasteiger partial charge < -0.3 is 10.2 Å². The van der Waals surface area contributed by atoms with Gasteiger partial charge in [0.2, 0.25) is 0 Å². The largest absolute Gasteiger partial charge is 0.322 e. The van der Waals surface area contributed by atoms with E-state index < -0.39 is 6.04 Å². The number of nitrogens with one attached hydrogen (secondary N) is 1. The molecule has 0 saturated heterocycles. The van der Waals surface area contributed by atoms with E-state index in [-0.39, 0.29) is 11.6 Å². The molecule has 3 aromatic carbocycles. The van der Waals surface area contributed by atoms with Crippen LogP contribution in [-0.4, -0.2) is 27.0 Å². The molecule has 0 aliphatic carbocycles. The second-order valence-electron chi connectivity index (χ2n) is 9.26. The van der Waals surface area contributed by atoms with E-state index in [4.69, 9.17) is 4.98 Å². The van der Waals surface area contributed by atoms with E-state index in [1.54, 1.807) is 9.47 Å². The first-order valence-corrected chi connectivity index (χ1v) is 12.6. The second-order valence-corrected chi connectivity index (χ2v) is 9.26. The van der Waals surface area contributed by atoms with E-state index in [2.05, 4.69) is 12.2 Å². The Morgan fingerprint density at radius 3 is 2.36 bits per heavy atom. The van der Waals surface area contributed by atoms with Crippen molar-refractivity contribution in [2.24, 2.45) is 0 Å². The highest BCUT2D eigenvalue weighted by molar-refractivity contribution is 5.90. The maximum absolute atomic E-state index is 13.9. The lowest BCUT2D eigenvalue weighted by atomic mass is 10.1. The summed E-state index contributed by atoms with van der Waals surface area (Å²) in [6, 6.07) is 20.5. The first-order valence-electron chi connectivity index (χ1n) is 12.6. The molecule has 0 spiro atoms. The number of urea groups is 1. The third kappa shape index (κ3) is 4.89. The van der Waals surface area contributed by atoms with Crippen LogP contribution in [0, 0.1) is 20.8 Å². The molecule has 0 aliphatic rings. The number of carbonyl (C=O) groups is 1. The molecule has 6 heteroatoms. The van der Waals surface area contributed by atoms with Gasteiger partial charge in [-0.1, -0.05) is 50.2 Å². The van der Waals surface area contributed by atoms with E-state index >= 15 is 0 Å². The quantitative estimate of drug-likeness (QED) is 0.318. The fourth-order valence-electron chi connectivity index (χ4n) is 4.57. The number of benzene rings is 3. The molecular formula is C30H34N4O2. The van der Waals surface area contributed by atoms with Gasteiger partial charge in [0, 0.05) is 12.2 Å². The van der Waals surface area contributed by atoms with Crippen molar-refractivity contribution >= 4 is 22.6 Å². The predicted octanol–water partition coefficient (Wildman–Crippen LogP) is 6.71. The molecule has 0 aliphatic heterocycles. The zero-order valence-corrected chi connectivity index (χ0v) is 21.7. The summed E-state index contributed by atoms with van der Waals surface area (Å²) in [4.78, 5) is 34.3. The number of aromatic nitrogens is 2. The molecular weight excluding hydrogens is 448 g/mol. The van der Waals surface area contributed by atoms with Gasteiger partial charge in [0.05, 0.1) is 22.6 Å². The van der Waals surface area contributed by atoms with Crippen molar-refractivity contribution in [3.8, 4) is 5.69 Å². The minimum atomic E-state index is -0.395. The summed E-state index contributed by atoms with van der Waals surface area (Å²) >= 11 is 0. The lowest BCUT2D eigenvalue weighted by molar-refractivity contribution is 0.181. The number of amides is 2. The van der Waals surface area contributed by atoms with Gasteiger partial charge in [-0.15, -0.1) is 0 Å². The maximum Gasteiger partial charge on any atom is 0.322 e. The lowest BCUT2D eigenvalue weighted by Gasteiger charge is -2.32. The fraction of sp³-hybridized carbons (Fsp3) is 0.300. The number of fused-ring (bicyclic) bond motifs is 1. The number of rotatable bonds is 7. The number of hydrogen-bond donors (Lipinski definition) is 1. The van der Waals surface area contributed by atoms with Crippen molar-refractivity contribution in [3.63, 3.8) is 0 Å². The molecule has 0 bridgehead atoms. The second kappa shape index (κ2) is 10.8. The van der Waals surface area contributed by atoms with Crippen LogP contribution in [0.3, 0.4) is 0 Å². The molecule has 1 atom stereocenters. The standard InChI is InChI=1S/C30H34N4O2/c1-6-18-33(30(36)32-25-14-10-8-12-21(25)4)27(7-2)28-31-26-15-11-9-13-24(26)29(35)34(28)23-17-16-20(3)22(5)19-23/h8-17,19,27H,6-7,18H2,1-5H3,(H,32,36). The Kier molecular flexibility index (Phi) is 7.53. The van der Waals surface area contributed by atoms with E-state index in [0.717, 1.165) is 34.5 Å². The molecule has 1 unspecified atom stereocenters. The smallest absolute Gasteiger partial charge is 0.314 e. The predicted molar refractivity (Wildman–Crippen MR) is 147 cm³/mol. The summed E-state index contributed by atoms with van der Waals surface area (Å²) in [5, 5.41) is 3.64. The Morgan fingerprint density at radius 1 is 0.944 bits per heavy atom. The lowest BCUT2D eigenvalue weighted by Crippen LogP contribution is -2.41. The third-order valence-corrected chi connectivity index (χ3v) is 6.72. The summed E-state index contributed by atoms with van der Waals surface area (Å²) in [7, 11) is 0. The van der Waals surface area contributed by atoms with Crippen LogP contribution in [0.2, 0.25) is 0 Å². The van der Waals surface area contributed by atoms with Crippen LogP contribution in [0.4, 0.5) is 10.5 Å². The Morgan fingerprint density at radius 2 is 1.67 bits per heavy atom. The monoisotopic (exact) mass is 482 g/mol. The van der Waals surface area contributed by atoms with Crippen molar-refractivity contribution in [2.45, 2.75) is 53.5 Å². The van der Waals surface area contributed by atoms with Crippen molar-refractivity contribution < 1.29 is 4.79 Å². The fourth-order valence-corrected chi connectivity index (χ4v) is 4.57. The van der Waals surface area contributed by atoms with Crippen molar-refractivity contribution in [2.75, 3.05) is 11.9 Å². The van der Waals surface area contributed by atoms with E-state index in [0.29, 0.717) is 29.7 Å². The van der Waals surface area contributed by atoms with Crippen molar-refractivity contribution in [3.05, 3.63) is 99.6 Å². The first-order chi connectivity index (χ1) is 17.3. The van der Waals surface area contributed by atoms with Gasteiger partial charge in [0.25, 0.3) is 5.56 Å². The number of para-hydroxylation sites is 2. The zero-order valence-electron chi connectivity index (χ0n) is 21.7. The van der Waals surface area contributed by atoms with E-state index in [1.807, 2.05) is 94.4 Å². The molecule has 1 aromatic heterocycles. The summed E-state index contributed by atoms with van der Waals surface area (Å²) < 4.78 is 1.69. The SMILES string of the molecule is CCCN(C(=O)Nc1ccccc1C)C(CC)c1nc2ccccc2c(=O)n1-c1ccc(C)c(C)c1. The normalized spacial score (nSPS) is 11.9. The zero-order chi connectivity index (χ0) is 25.8. The highest BCUT2D eigenvalue weighted by atomic mass is 16.2. The highest BCUT2D eigenvalue weighted by Gasteiger charge is 2.29. The Bertz CT molecular complexity index is 1460. The third-order valence-electron chi connectivity index (χ3n) is 6.72. The number of aryl methyl sites for hydroxylation is 3. The Labute approximate surface area is 212 Å². The Balaban J connectivity index is 1.89. The van der Waals surface area contributed by atoms with Crippen LogP contribution in [0.1, 0.15) is 55.2 Å². The topological polar surface area (TPSA) is 67.2 Å². The summed E-state index contributed by atoms with van der Waals surface area (Å²) in [6.45, 7) is 10.7. The summed E-state index contributed by atoms with van der Waals surface area (Å²) in [6.07, 6.45) is 1.38. The first kappa shape index (κ1) is 25.2. The molecule has 0 radical (unpaired) electrons. The molecule has 0 saturated carbocycles. The van der Waals surface area contributed by atoms with Gasteiger partial charge in [-0.2, -0.15) is 0 Å².